The maximum Gasteiger partial charge on any atom is 0.356 e. The maximum atomic E-state index is 11.4. The van der Waals surface area contributed by atoms with Crippen LogP contribution in [0.3, 0.4) is 0 Å². The van der Waals surface area contributed by atoms with E-state index in [9.17, 15) is 9.90 Å². The summed E-state index contributed by atoms with van der Waals surface area (Å²) in [6, 6.07) is 0.310. The number of nitrogens with one attached hydrogen (secondary N) is 1. The average Bonchev–Trinajstić information content (AvgIpc) is 2.41. The molecule has 2 N–H and O–H groups in total. The Morgan fingerprint density at radius 3 is 2.52 bits per heavy atom. The summed E-state index contributed by atoms with van der Waals surface area (Å²) >= 11 is 0. The van der Waals surface area contributed by atoms with Crippen molar-refractivity contribution in [1.82, 2.24) is 9.97 Å². The third-order valence-electron chi connectivity index (χ3n) is 4.23. The highest BCUT2D eigenvalue weighted by molar-refractivity contribution is 5.91. The Bertz CT molecular complexity index is 516. The van der Waals surface area contributed by atoms with Crippen LogP contribution in [0, 0.1) is 5.41 Å². The molecule has 1 fully saturated rings. The van der Waals surface area contributed by atoms with Crippen molar-refractivity contribution in [2.75, 3.05) is 5.32 Å². The van der Waals surface area contributed by atoms with Crippen molar-refractivity contribution in [3.8, 4) is 0 Å². The van der Waals surface area contributed by atoms with Crippen molar-refractivity contribution in [1.29, 1.82) is 0 Å². The lowest BCUT2D eigenvalue weighted by molar-refractivity contribution is 0.0691. The van der Waals surface area contributed by atoms with Gasteiger partial charge in [-0.05, 0) is 31.1 Å². The molecule has 1 aliphatic carbocycles. The molecule has 0 bridgehead atoms. The highest BCUT2D eigenvalue weighted by Crippen LogP contribution is 2.36. The molecule has 0 atom stereocenters. The SMILES string of the molecule is CC(C)c1ncc(NC2CCC(C)(C)CC2)c(C(=O)O)n1. The summed E-state index contributed by atoms with van der Waals surface area (Å²) in [4.78, 5) is 19.9. The summed E-state index contributed by atoms with van der Waals surface area (Å²) < 4.78 is 0. The number of aromatic carboxylic acids is 1. The molecule has 0 aromatic carbocycles. The average molecular weight is 291 g/mol. The number of carboxylic acid groups (broad SMARTS) is 1. The normalized spacial score (nSPS) is 18.7. The zero-order valence-corrected chi connectivity index (χ0v) is 13.3. The van der Waals surface area contributed by atoms with Gasteiger partial charge in [0.1, 0.15) is 5.82 Å². The fourth-order valence-corrected chi connectivity index (χ4v) is 2.71. The Morgan fingerprint density at radius 2 is 2.00 bits per heavy atom. The molecule has 0 saturated heterocycles. The van der Waals surface area contributed by atoms with Gasteiger partial charge < -0.3 is 10.4 Å². The Balaban J connectivity index is 2.14. The van der Waals surface area contributed by atoms with Crippen LogP contribution in [0.4, 0.5) is 5.69 Å². The standard InChI is InChI=1S/C16H25N3O2/c1-10(2)14-17-9-12(13(19-14)15(20)21)18-11-5-7-16(3,4)8-6-11/h9-11,18H,5-8H2,1-4H3,(H,20,21). The van der Waals surface area contributed by atoms with E-state index in [0.29, 0.717) is 23.0 Å². The summed E-state index contributed by atoms with van der Waals surface area (Å²) in [5.74, 6) is -0.312. The first-order valence-corrected chi connectivity index (χ1v) is 7.65. The van der Waals surface area contributed by atoms with Gasteiger partial charge in [0.25, 0.3) is 0 Å². The lowest BCUT2D eigenvalue weighted by atomic mass is 9.75. The molecule has 2 rings (SSSR count). The molecule has 0 unspecified atom stereocenters. The topological polar surface area (TPSA) is 75.1 Å². The van der Waals surface area contributed by atoms with Crippen molar-refractivity contribution in [2.45, 2.75) is 65.3 Å². The molecule has 21 heavy (non-hydrogen) atoms. The zero-order chi connectivity index (χ0) is 15.6. The van der Waals surface area contributed by atoms with Crippen molar-refractivity contribution in [2.24, 2.45) is 5.41 Å². The third-order valence-corrected chi connectivity index (χ3v) is 4.23. The van der Waals surface area contributed by atoms with Crippen LogP contribution in [-0.4, -0.2) is 27.1 Å². The first-order valence-electron chi connectivity index (χ1n) is 7.65. The van der Waals surface area contributed by atoms with Gasteiger partial charge >= 0.3 is 5.97 Å². The van der Waals surface area contributed by atoms with Gasteiger partial charge in [-0.3, -0.25) is 0 Å². The molecule has 116 valence electrons. The second kappa shape index (κ2) is 6.00. The summed E-state index contributed by atoms with van der Waals surface area (Å²) in [6.45, 7) is 8.48. The fourth-order valence-electron chi connectivity index (χ4n) is 2.71. The smallest absolute Gasteiger partial charge is 0.356 e. The van der Waals surface area contributed by atoms with Gasteiger partial charge in [0.05, 0.1) is 11.9 Å². The second-order valence-electron chi connectivity index (χ2n) is 7.03. The Labute approximate surface area is 126 Å². The monoisotopic (exact) mass is 291 g/mol. The minimum Gasteiger partial charge on any atom is -0.476 e. The van der Waals surface area contributed by atoms with E-state index in [2.05, 4.69) is 29.1 Å². The Kier molecular flexibility index (Phi) is 4.49. The van der Waals surface area contributed by atoms with Crippen molar-refractivity contribution >= 4 is 11.7 Å². The molecular formula is C16H25N3O2. The van der Waals surface area contributed by atoms with Crippen LogP contribution in [0.15, 0.2) is 6.20 Å². The van der Waals surface area contributed by atoms with Gasteiger partial charge in [0.15, 0.2) is 5.69 Å². The molecule has 0 amide bonds. The first-order chi connectivity index (χ1) is 9.78. The van der Waals surface area contributed by atoms with Crippen LogP contribution < -0.4 is 5.32 Å². The number of aromatic nitrogens is 2. The fraction of sp³-hybridized carbons (Fsp3) is 0.688. The number of carboxylic acids is 1. The molecular weight excluding hydrogens is 266 g/mol. The predicted molar refractivity (Wildman–Crippen MR) is 82.7 cm³/mol. The maximum absolute atomic E-state index is 11.4. The van der Waals surface area contributed by atoms with Crippen molar-refractivity contribution in [3.05, 3.63) is 17.7 Å². The van der Waals surface area contributed by atoms with E-state index in [1.165, 1.54) is 0 Å². The minimum atomic E-state index is -1.00. The quantitative estimate of drug-likeness (QED) is 0.885. The molecule has 1 saturated carbocycles. The van der Waals surface area contributed by atoms with Gasteiger partial charge in [-0.15, -0.1) is 0 Å². The number of rotatable bonds is 4. The van der Waals surface area contributed by atoms with Gasteiger partial charge in [-0.25, -0.2) is 14.8 Å². The van der Waals surface area contributed by atoms with E-state index < -0.39 is 5.97 Å². The highest BCUT2D eigenvalue weighted by atomic mass is 16.4. The van der Waals surface area contributed by atoms with Gasteiger partial charge in [-0.1, -0.05) is 27.7 Å². The van der Waals surface area contributed by atoms with Crippen molar-refractivity contribution < 1.29 is 9.90 Å². The third kappa shape index (κ3) is 3.93. The number of hydrogen-bond acceptors (Lipinski definition) is 4. The number of carbonyl (C=O) groups is 1. The van der Waals surface area contributed by atoms with Crippen LogP contribution in [0.1, 0.15) is 75.6 Å². The molecule has 1 aliphatic rings. The highest BCUT2D eigenvalue weighted by Gasteiger charge is 2.27. The summed E-state index contributed by atoms with van der Waals surface area (Å²) in [5, 5.41) is 12.7. The van der Waals surface area contributed by atoms with E-state index in [1.807, 2.05) is 13.8 Å². The molecule has 0 spiro atoms. The van der Waals surface area contributed by atoms with Crippen LogP contribution in [0.25, 0.3) is 0 Å². The predicted octanol–water partition coefficient (Wildman–Crippen LogP) is 3.68. The number of hydrogen-bond donors (Lipinski definition) is 2. The molecule has 0 radical (unpaired) electrons. The van der Waals surface area contributed by atoms with E-state index in [4.69, 9.17) is 0 Å². The lowest BCUT2D eigenvalue weighted by Crippen LogP contribution is -2.30. The Morgan fingerprint density at radius 1 is 1.38 bits per heavy atom. The van der Waals surface area contributed by atoms with E-state index in [1.54, 1.807) is 6.20 Å². The van der Waals surface area contributed by atoms with Gasteiger partial charge in [0.2, 0.25) is 0 Å². The molecule has 5 heteroatoms. The minimum absolute atomic E-state index is 0.0820. The number of anilines is 1. The molecule has 1 aromatic rings. The lowest BCUT2D eigenvalue weighted by Gasteiger charge is -2.35. The summed E-state index contributed by atoms with van der Waals surface area (Å²) in [7, 11) is 0. The van der Waals surface area contributed by atoms with E-state index >= 15 is 0 Å². The van der Waals surface area contributed by atoms with Gasteiger partial charge in [0, 0.05) is 12.0 Å². The summed E-state index contributed by atoms with van der Waals surface area (Å²) in [6.07, 6.45) is 6.03. The van der Waals surface area contributed by atoms with Crippen molar-refractivity contribution in [3.63, 3.8) is 0 Å². The zero-order valence-electron chi connectivity index (χ0n) is 13.3. The molecule has 0 aliphatic heterocycles. The first kappa shape index (κ1) is 15.7. The number of nitrogens with zero attached hydrogens (tertiary/aromatic N) is 2. The van der Waals surface area contributed by atoms with E-state index in [0.717, 1.165) is 25.7 Å². The van der Waals surface area contributed by atoms with Crippen LogP contribution in [0.2, 0.25) is 0 Å². The molecule has 1 heterocycles. The largest absolute Gasteiger partial charge is 0.476 e. The van der Waals surface area contributed by atoms with E-state index in [-0.39, 0.29) is 11.6 Å². The van der Waals surface area contributed by atoms with Crippen LogP contribution in [-0.2, 0) is 0 Å². The summed E-state index contributed by atoms with van der Waals surface area (Å²) in [5.41, 5.74) is 1.02. The molecule has 1 aromatic heterocycles. The second-order valence-corrected chi connectivity index (χ2v) is 7.03. The molecule has 5 nitrogen and oxygen atoms in total. The Hall–Kier alpha value is -1.65. The van der Waals surface area contributed by atoms with Gasteiger partial charge in [-0.2, -0.15) is 0 Å². The van der Waals surface area contributed by atoms with Crippen LogP contribution in [0.5, 0.6) is 0 Å². The van der Waals surface area contributed by atoms with Crippen LogP contribution >= 0.6 is 0 Å².